The van der Waals surface area contributed by atoms with Gasteiger partial charge in [0.1, 0.15) is 6.26 Å². The van der Waals surface area contributed by atoms with Crippen molar-refractivity contribution in [3.63, 3.8) is 0 Å². The first-order valence-corrected chi connectivity index (χ1v) is 3.26. The number of aromatic nitrogens is 1. The first-order valence-electron chi connectivity index (χ1n) is 3.26. The van der Waals surface area contributed by atoms with Crippen LogP contribution < -0.4 is 0 Å². The lowest BCUT2D eigenvalue weighted by atomic mass is 10.3. The molecule has 1 rings (SSSR count). The third kappa shape index (κ3) is 1.91. The first-order chi connectivity index (χ1) is 5.59. The fourth-order valence-electron chi connectivity index (χ4n) is 0.705. The Morgan fingerprint density at radius 1 is 1.67 bits per heavy atom. The fraction of sp³-hybridized carbons (Fsp3) is 0.286. The highest BCUT2D eigenvalue weighted by molar-refractivity contribution is 5.89. The van der Waals surface area contributed by atoms with Crippen LogP contribution in [0.15, 0.2) is 10.7 Å². The third-order valence-electron chi connectivity index (χ3n) is 1.19. The fourth-order valence-corrected chi connectivity index (χ4v) is 0.705. The zero-order valence-corrected chi connectivity index (χ0v) is 6.40. The van der Waals surface area contributed by atoms with Crippen molar-refractivity contribution in [2.75, 3.05) is 0 Å². The molecule has 0 spiro atoms. The SMILES string of the molecule is CC(=O)c1nc(CC(=O)O)co1. The Bertz CT molecular complexity index is 315. The molecule has 0 radical (unpaired) electrons. The van der Waals surface area contributed by atoms with Crippen LogP contribution in [-0.4, -0.2) is 21.8 Å². The van der Waals surface area contributed by atoms with E-state index < -0.39 is 5.97 Å². The lowest BCUT2D eigenvalue weighted by molar-refractivity contribution is -0.136. The van der Waals surface area contributed by atoms with Gasteiger partial charge in [-0.15, -0.1) is 0 Å². The molecule has 0 unspecified atom stereocenters. The number of nitrogens with zero attached hydrogens (tertiary/aromatic N) is 1. The highest BCUT2D eigenvalue weighted by Gasteiger charge is 2.10. The molecule has 0 saturated carbocycles. The van der Waals surface area contributed by atoms with Gasteiger partial charge in [-0.05, 0) is 0 Å². The molecule has 1 heterocycles. The van der Waals surface area contributed by atoms with Crippen LogP contribution in [0.3, 0.4) is 0 Å². The van der Waals surface area contributed by atoms with Crippen LogP contribution in [0.25, 0.3) is 0 Å². The number of hydrogen-bond acceptors (Lipinski definition) is 4. The minimum Gasteiger partial charge on any atom is -0.481 e. The van der Waals surface area contributed by atoms with E-state index in [9.17, 15) is 9.59 Å². The van der Waals surface area contributed by atoms with Crippen molar-refractivity contribution in [2.24, 2.45) is 0 Å². The van der Waals surface area contributed by atoms with Gasteiger partial charge in [-0.25, -0.2) is 4.98 Å². The molecule has 0 aliphatic carbocycles. The van der Waals surface area contributed by atoms with Crippen LogP contribution in [0, 0.1) is 0 Å². The summed E-state index contributed by atoms with van der Waals surface area (Å²) in [5.74, 6) is -1.36. The van der Waals surface area contributed by atoms with Crippen LogP contribution in [-0.2, 0) is 11.2 Å². The Morgan fingerprint density at radius 2 is 2.33 bits per heavy atom. The molecule has 5 nitrogen and oxygen atoms in total. The summed E-state index contributed by atoms with van der Waals surface area (Å²) in [5, 5.41) is 8.35. The number of carboxylic acids is 1. The standard InChI is InChI=1S/C7H7NO4/c1-4(9)7-8-5(3-12-7)2-6(10)11/h3H,2H2,1H3,(H,10,11). The van der Waals surface area contributed by atoms with Gasteiger partial charge in [0.05, 0.1) is 12.1 Å². The van der Waals surface area contributed by atoms with E-state index in [1.807, 2.05) is 0 Å². The van der Waals surface area contributed by atoms with E-state index >= 15 is 0 Å². The number of carbonyl (C=O) groups is 2. The molecule has 1 aromatic rings. The molecule has 12 heavy (non-hydrogen) atoms. The van der Waals surface area contributed by atoms with E-state index in [1.165, 1.54) is 13.2 Å². The summed E-state index contributed by atoms with van der Waals surface area (Å²) < 4.78 is 4.70. The highest BCUT2D eigenvalue weighted by atomic mass is 16.4. The maximum Gasteiger partial charge on any atom is 0.309 e. The Balaban J connectivity index is 2.77. The summed E-state index contributed by atoms with van der Waals surface area (Å²) in [4.78, 5) is 24.5. The minimum atomic E-state index is -1.00. The monoisotopic (exact) mass is 169 g/mol. The van der Waals surface area contributed by atoms with Crippen LogP contribution >= 0.6 is 0 Å². The topological polar surface area (TPSA) is 80.4 Å². The van der Waals surface area contributed by atoms with Crippen molar-refractivity contribution in [2.45, 2.75) is 13.3 Å². The molecule has 0 aliphatic rings. The average Bonchev–Trinajstić information content (AvgIpc) is 2.34. The number of hydrogen-bond donors (Lipinski definition) is 1. The van der Waals surface area contributed by atoms with Crippen molar-refractivity contribution < 1.29 is 19.1 Å². The van der Waals surface area contributed by atoms with Gasteiger partial charge in [-0.3, -0.25) is 9.59 Å². The zero-order valence-electron chi connectivity index (χ0n) is 6.40. The Labute approximate surface area is 68.0 Å². The number of rotatable bonds is 3. The molecule has 1 aromatic heterocycles. The Kier molecular flexibility index (Phi) is 2.23. The molecule has 0 aliphatic heterocycles. The lowest BCUT2D eigenvalue weighted by Crippen LogP contribution is -2.01. The van der Waals surface area contributed by atoms with Crippen molar-refractivity contribution in [1.82, 2.24) is 4.98 Å². The van der Waals surface area contributed by atoms with Crippen LogP contribution in [0.2, 0.25) is 0 Å². The summed E-state index contributed by atoms with van der Waals surface area (Å²) in [6, 6.07) is 0. The molecule has 0 fully saturated rings. The predicted molar refractivity (Wildman–Crippen MR) is 37.8 cm³/mol. The van der Waals surface area contributed by atoms with E-state index in [0.29, 0.717) is 0 Å². The van der Waals surface area contributed by atoms with Crippen molar-refractivity contribution >= 4 is 11.8 Å². The molecule has 1 N–H and O–H groups in total. The molecule has 0 bridgehead atoms. The molecule has 0 amide bonds. The van der Waals surface area contributed by atoms with E-state index in [4.69, 9.17) is 9.52 Å². The Morgan fingerprint density at radius 3 is 2.75 bits per heavy atom. The largest absolute Gasteiger partial charge is 0.481 e. The molecule has 5 heteroatoms. The number of carboxylic acid groups (broad SMARTS) is 1. The van der Waals surface area contributed by atoms with Crippen LogP contribution in [0.1, 0.15) is 23.3 Å². The number of carbonyl (C=O) groups excluding carboxylic acids is 1. The van der Waals surface area contributed by atoms with E-state index in [0.717, 1.165) is 0 Å². The van der Waals surface area contributed by atoms with Gasteiger partial charge in [0.25, 0.3) is 5.89 Å². The number of Topliss-reactive ketones (excluding diaryl/α,β-unsaturated/α-hetero) is 1. The molecule has 0 saturated heterocycles. The zero-order chi connectivity index (χ0) is 9.14. The molecular weight excluding hydrogens is 162 g/mol. The number of ketones is 1. The minimum absolute atomic E-state index is 0.0498. The number of oxazole rings is 1. The second-order valence-corrected chi connectivity index (χ2v) is 2.27. The van der Waals surface area contributed by atoms with E-state index in [2.05, 4.69) is 4.98 Å². The Hall–Kier alpha value is -1.65. The van der Waals surface area contributed by atoms with Crippen LogP contribution in [0.4, 0.5) is 0 Å². The van der Waals surface area contributed by atoms with E-state index in [-0.39, 0.29) is 23.8 Å². The van der Waals surface area contributed by atoms with Gasteiger partial charge in [0.2, 0.25) is 5.78 Å². The second-order valence-electron chi connectivity index (χ2n) is 2.27. The molecule has 64 valence electrons. The molecule has 0 aromatic carbocycles. The van der Waals surface area contributed by atoms with Gasteiger partial charge in [0, 0.05) is 6.92 Å². The van der Waals surface area contributed by atoms with Gasteiger partial charge >= 0.3 is 5.97 Å². The first kappa shape index (κ1) is 8.45. The summed E-state index contributed by atoms with van der Waals surface area (Å²) in [6.07, 6.45) is 0.946. The summed E-state index contributed by atoms with van der Waals surface area (Å²) in [5.41, 5.74) is 0.257. The summed E-state index contributed by atoms with van der Waals surface area (Å²) in [6.45, 7) is 1.30. The van der Waals surface area contributed by atoms with Crippen molar-refractivity contribution in [3.05, 3.63) is 17.8 Å². The summed E-state index contributed by atoms with van der Waals surface area (Å²) in [7, 11) is 0. The van der Waals surface area contributed by atoms with Gasteiger partial charge < -0.3 is 9.52 Å². The quantitative estimate of drug-likeness (QED) is 0.666. The molecule has 0 atom stereocenters. The average molecular weight is 169 g/mol. The summed E-state index contributed by atoms with van der Waals surface area (Å²) >= 11 is 0. The highest BCUT2D eigenvalue weighted by Crippen LogP contribution is 2.03. The van der Waals surface area contributed by atoms with E-state index in [1.54, 1.807) is 0 Å². The predicted octanol–water partition coefficient (Wildman–Crippen LogP) is 0.504. The van der Waals surface area contributed by atoms with Crippen molar-refractivity contribution in [3.8, 4) is 0 Å². The third-order valence-corrected chi connectivity index (χ3v) is 1.19. The normalized spacial score (nSPS) is 9.75. The van der Waals surface area contributed by atoms with Gasteiger partial charge in [0.15, 0.2) is 0 Å². The lowest BCUT2D eigenvalue weighted by Gasteiger charge is -1.84. The molecular formula is C7H7NO4. The second kappa shape index (κ2) is 3.17. The maximum atomic E-state index is 10.6. The van der Waals surface area contributed by atoms with Gasteiger partial charge in [-0.2, -0.15) is 0 Å². The maximum absolute atomic E-state index is 10.6. The van der Waals surface area contributed by atoms with Gasteiger partial charge in [-0.1, -0.05) is 0 Å². The smallest absolute Gasteiger partial charge is 0.309 e. The number of aliphatic carboxylic acids is 1. The van der Waals surface area contributed by atoms with Crippen molar-refractivity contribution in [1.29, 1.82) is 0 Å². The van der Waals surface area contributed by atoms with Crippen LogP contribution in [0.5, 0.6) is 0 Å².